The van der Waals surface area contributed by atoms with Crippen molar-refractivity contribution in [2.45, 2.75) is 89.9 Å². The van der Waals surface area contributed by atoms with Crippen molar-refractivity contribution >= 4 is 5.97 Å². The van der Waals surface area contributed by atoms with E-state index in [2.05, 4.69) is 46.6 Å². The zero-order chi connectivity index (χ0) is 25.5. The average molecular weight is 496 g/mol. The van der Waals surface area contributed by atoms with Crippen molar-refractivity contribution in [1.82, 2.24) is 25.2 Å². The summed E-state index contributed by atoms with van der Waals surface area (Å²) in [5.41, 5.74) is 2.76. The lowest BCUT2D eigenvalue weighted by Crippen LogP contribution is -2.33. The lowest BCUT2D eigenvalue weighted by atomic mass is 9.82. The van der Waals surface area contributed by atoms with Crippen LogP contribution in [0.2, 0.25) is 0 Å². The predicted molar refractivity (Wildman–Crippen MR) is 136 cm³/mol. The van der Waals surface area contributed by atoms with Gasteiger partial charge in [-0.15, -0.1) is 0 Å². The fraction of sp³-hybridized carbons (Fsp3) is 0.556. The highest BCUT2D eigenvalue weighted by atomic mass is 16.5. The molecule has 0 spiro atoms. The van der Waals surface area contributed by atoms with Crippen molar-refractivity contribution in [3.63, 3.8) is 0 Å². The molecule has 194 valence electrons. The summed E-state index contributed by atoms with van der Waals surface area (Å²) in [7, 11) is 0. The van der Waals surface area contributed by atoms with Gasteiger partial charge in [0.05, 0.1) is 24.4 Å². The number of hydrogen-bond donors (Lipinski definition) is 2. The molecule has 0 aliphatic heterocycles. The highest BCUT2D eigenvalue weighted by molar-refractivity contribution is 5.89. The summed E-state index contributed by atoms with van der Waals surface area (Å²) < 4.78 is 12.9. The SMILES string of the molecule is CCCC(O)(CC)Cn1ccc(-c2ccc(C3CCC(Oc4nn[nH]c4C(=O)OCC)CC3)cc2)n1. The summed E-state index contributed by atoms with van der Waals surface area (Å²) >= 11 is 0. The largest absolute Gasteiger partial charge is 0.472 e. The Morgan fingerprint density at radius 3 is 2.56 bits per heavy atom. The first-order valence-electron chi connectivity index (χ1n) is 13.1. The third-order valence-corrected chi connectivity index (χ3v) is 7.10. The highest BCUT2D eigenvalue weighted by Crippen LogP contribution is 2.35. The van der Waals surface area contributed by atoms with Crippen molar-refractivity contribution < 1.29 is 19.4 Å². The van der Waals surface area contributed by atoms with Gasteiger partial charge in [0.1, 0.15) is 6.10 Å². The van der Waals surface area contributed by atoms with E-state index in [0.29, 0.717) is 18.9 Å². The zero-order valence-electron chi connectivity index (χ0n) is 21.4. The number of H-pyrrole nitrogens is 1. The van der Waals surface area contributed by atoms with Crippen LogP contribution in [0.3, 0.4) is 0 Å². The van der Waals surface area contributed by atoms with Crippen LogP contribution in [0.5, 0.6) is 5.88 Å². The minimum atomic E-state index is -0.710. The van der Waals surface area contributed by atoms with Gasteiger partial charge in [0, 0.05) is 11.8 Å². The first-order chi connectivity index (χ1) is 17.4. The Kier molecular flexibility index (Phi) is 8.40. The molecule has 4 rings (SSSR count). The first kappa shape index (κ1) is 25.9. The van der Waals surface area contributed by atoms with Gasteiger partial charge in [-0.25, -0.2) is 9.89 Å². The van der Waals surface area contributed by atoms with Gasteiger partial charge in [0.25, 0.3) is 5.88 Å². The number of benzene rings is 1. The first-order valence-corrected chi connectivity index (χ1v) is 13.1. The molecule has 0 radical (unpaired) electrons. The molecule has 2 aromatic heterocycles. The van der Waals surface area contributed by atoms with Crippen molar-refractivity contribution in [3.8, 4) is 17.1 Å². The van der Waals surface area contributed by atoms with Gasteiger partial charge in [-0.3, -0.25) is 4.68 Å². The number of aliphatic hydroxyl groups is 1. The molecule has 0 saturated heterocycles. The molecule has 0 amide bonds. The van der Waals surface area contributed by atoms with Crippen LogP contribution in [0, 0.1) is 0 Å². The second-order valence-electron chi connectivity index (χ2n) is 9.65. The van der Waals surface area contributed by atoms with E-state index in [1.165, 1.54) is 5.56 Å². The van der Waals surface area contributed by atoms with E-state index < -0.39 is 11.6 Å². The van der Waals surface area contributed by atoms with Crippen molar-refractivity contribution in [2.75, 3.05) is 6.61 Å². The molecular weight excluding hydrogens is 458 g/mol. The fourth-order valence-electron chi connectivity index (χ4n) is 4.97. The lowest BCUT2D eigenvalue weighted by Gasteiger charge is -2.28. The predicted octanol–water partition coefficient (Wildman–Crippen LogP) is 4.89. The highest BCUT2D eigenvalue weighted by Gasteiger charge is 2.27. The monoisotopic (exact) mass is 495 g/mol. The minimum absolute atomic E-state index is 0.00256. The lowest BCUT2D eigenvalue weighted by molar-refractivity contribution is 0.00674. The molecule has 1 atom stereocenters. The Hall–Kier alpha value is -3.20. The molecule has 9 nitrogen and oxygen atoms in total. The second-order valence-corrected chi connectivity index (χ2v) is 9.65. The number of aromatic amines is 1. The van der Waals surface area contributed by atoms with Crippen molar-refractivity contribution in [3.05, 3.63) is 47.8 Å². The standard InChI is InChI=1S/C27H37N5O4/c1-4-16-27(34,5-2)18-32-17-15-23(30-32)21-9-7-19(8-10-21)20-11-13-22(14-12-20)36-25-24(28-31-29-25)26(33)35-6-3/h7-10,15,17,20,22,34H,4-6,11-14,16,18H2,1-3H3,(H,28,29,31). The second kappa shape index (κ2) is 11.7. The molecule has 1 saturated carbocycles. The van der Waals surface area contributed by atoms with E-state index in [1.54, 1.807) is 6.92 Å². The van der Waals surface area contributed by atoms with Crippen LogP contribution in [0.25, 0.3) is 11.3 Å². The zero-order valence-corrected chi connectivity index (χ0v) is 21.4. The molecular formula is C27H37N5O4. The molecule has 1 aliphatic carbocycles. The summed E-state index contributed by atoms with van der Waals surface area (Å²) in [5.74, 6) is 0.178. The topological polar surface area (TPSA) is 115 Å². The molecule has 2 heterocycles. The number of hydrogen-bond acceptors (Lipinski definition) is 7. The van der Waals surface area contributed by atoms with Crippen LogP contribution in [-0.4, -0.2) is 54.6 Å². The molecule has 2 N–H and O–H groups in total. The van der Waals surface area contributed by atoms with Gasteiger partial charge in [-0.1, -0.05) is 54.8 Å². The number of carbonyl (C=O) groups is 1. The third kappa shape index (κ3) is 6.13. The molecule has 1 aliphatic rings. The van der Waals surface area contributed by atoms with Gasteiger partial charge in [0.2, 0.25) is 5.69 Å². The Morgan fingerprint density at radius 1 is 1.14 bits per heavy atom. The van der Waals surface area contributed by atoms with E-state index in [9.17, 15) is 9.90 Å². The number of esters is 1. The Balaban J connectivity index is 1.32. The number of nitrogens with one attached hydrogen (secondary N) is 1. The summed E-state index contributed by atoms with van der Waals surface area (Å²) in [6.45, 7) is 6.66. The molecule has 1 unspecified atom stereocenters. The van der Waals surface area contributed by atoms with Gasteiger partial charge in [0.15, 0.2) is 0 Å². The fourth-order valence-corrected chi connectivity index (χ4v) is 4.97. The molecule has 1 aromatic carbocycles. The smallest absolute Gasteiger partial charge is 0.362 e. The quantitative estimate of drug-likeness (QED) is 0.364. The molecule has 0 bridgehead atoms. The summed E-state index contributed by atoms with van der Waals surface area (Å²) in [6, 6.07) is 10.6. The van der Waals surface area contributed by atoms with Crippen LogP contribution in [-0.2, 0) is 11.3 Å². The average Bonchev–Trinajstić information content (AvgIpc) is 3.55. The van der Waals surface area contributed by atoms with E-state index >= 15 is 0 Å². The Labute approximate surface area is 212 Å². The van der Waals surface area contributed by atoms with Crippen molar-refractivity contribution in [2.24, 2.45) is 0 Å². The number of carbonyl (C=O) groups excluding carboxylic acids is 1. The van der Waals surface area contributed by atoms with E-state index in [-0.39, 0.29) is 24.3 Å². The van der Waals surface area contributed by atoms with Crippen LogP contribution < -0.4 is 4.74 Å². The molecule has 9 heteroatoms. The maximum Gasteiger partial charge on any atom is 0.362 e. The van der Waals surface area contributed by atoms with E-state index in [4.69, 9.17) is 14.6 Å². The number of nitrogens with zero attached hydrogens (tertiary/aromatic N) is 4. The van der Waals surface area contributed by atoms with Crippen molar-refractivity contribution in [1.29, 1.82) is 0 Å². The summed E-state index contributed by atoms with van der Waals surface area (Å²) in [4.78, 5) is 12.0. The number of aromatic nitrogens is 5. The van der Waals surface area contributed by atoms with E-state index in [0.717, 1.165) is 49.8 Å². The number of rotatable bonds is 11. The Morgan fingerprint density at radius 2 is 1.89 bits per heavy atom. The van der Waals surface area contributed by atoms with Gasteiger partial charge >= 0.3 is 5.97 Å². The molecule has 1 fully saturated rings. The summed E-state index contributed by atoms with van der Waals surface area (Å²) in [5, 5.41) is 25.7. The van der Waals surface area contributed by atoms with Crippen LogP contribution in [0.1, 0.15) is 87.7 Å². The van der Waals surface area contributed by atoms with Crippen LogP contribution in [0.15, 0.2) is 36.5 Å². The van der Waals surface area contributed by atoms with Crippen LogP contribution in [0.4, 0.5) is 0 Å². The van der Waals surface area contributed by atoms with Gasteiger partial charge in [-0.05, 0) is 63.0 Å². The van der Waals surface area contributed by atoms with E-state index in [1.807, 2.05) is 23.9 Å². The Bertz CT molecular complexity index is 1120. The van der Waals surface area contributed by atoms with Gasteiger partial charge < -0.3 is 14.6 Å². The maximum atomic E-state index is 12.0. The summed E-state index contributed by atoms with van der Waals surface area (Å²) in [6.07, 6.45) is 8.13. The number of ether oxygens (including phenoxy) is 2. The third-order valence-electron chi connectivity index (χ3n) is 7.10. The van der Waals surface area contributed by atoms with Crippen LogP contribution >= 0.6 is 0 Å². The minimum Gasteiger partial charge on any atom is -0.472 e. The molecule has 3 aromatic rings. The molecule has 36 heavy (non-hydrogen) atoms. The van der Waals surface area contributed by atoms with Gasteiger partial charge in [-0.2, -0.15) is 5.10 Å². The normalized spacial score (nSPS) is 19.6. The maximum absolute atomic E-state index is 12.0.